The van der Waals surface area contributed by atoms with Gasteiger partial charge in [0.05, 0.1) is 126 Å². The molecule has 1 rings (SSSR count). The highest BCUT2D eigenvalue weighted by atomic mass is 35.5. The topological polar surface area (TPSA) is 102 Å². The lowest BCUT2D eigenvalue weighted by Gasteiger charge is -2.22. The first-order valence-corrected chi connectivity index (χ1v) is 14.0. The minimum Gasteiger partial charge on any atom is -0.378 e. The Hall–Kier alpha value is -0.150. The van der Waals surface area contributed by atoms with Crippen molar-refractivity contribution in [1.82, 2.24) is 0 Å². The molecule has 1 aliphatic heterocycles. The van der Waals surface area contributed by atoms with Crippen LogP contribution in [0.5, 0.6) is 0 Å². The maximum absolute atomic E-state index is 5.60. The Bertz CT molecular complexity index is 431. The largest absolute Gasteiger partial charge is 0.378 e. The van der Waals surface area contributed by atoms with Crippen LogP contribution in [0.3, 0.4) is 0 Å². The summed E-state index contributed by atoms with van der Waals surface area (Å²) in [5.74, 6) is 0.501. The van der Waals surface area contributed by atoms with Crippen molar-refractivity contribution in [3.05, 3.63) is 0 Å². The number of hydrogen-bond acceptors (Lipinski definition) is 11. The summed E-state index contributed by atoms with van der Waals surface area (Å²) in [5.41, 5.74) is 0. The van der Waals surface area contributed by atoms with Gasteiger partial charge in [0.2, 0.25) is 0 Å². The Labute approximate surface area is 227 Å². The third-order valence-electron chi connectivity index (χ3n) is 4.87. The van der Waals surface area contributed by atoms with Gasteiger partial charge in [-0.3, -0.25) is 0 Å². The molecule has 0 spiro atoms. The van der Waals surface area contributed by atoms with E-state index in [-0.39, 0.29) is 6.29 Å². The molecule has 1 heterocycles. The van der Waals surface area contributed by atoms with Crippen LogP contribution in [-0.2, 0) is 52.1 Å². The maximum Gasteiger partial charge on any atom is 0.157 e. The maximum atomic E-state index is 5.60. The summed E-state index contributed by atoms with van der Waals surface area (Å²) in [6.45, 7) is 10.9. The zero-order valence-corrected chi connectivity index (χ0v) is 23.2. The standard InChI is InChI=1S/C25H49ClO11/c26-4-6-27-7-8-28-9-10-29-11-12-30-13-14-31-15-16-32-17-18-33-19-20-34-21-22-35-23-24-37-25-3-1-2-5-36-25/h25H,1-24H2. The van der Waals surface area contributed by atoms with E-state index >= 15 is 0 Å². The summed E-state index contributed by atoms with van der Waals surface area (Å²) >= 11 is 5.50. The van der Waals surface area contributed by atoms with Crippen molar-refractivity contribution in [2.75, 3.05) is 138 Å². The third kappa shape index (κ3) is 27.2. The van der Waals surface area contributed by atoms with Crippen molar-refractivity contribution < 1.29 is 52.1 Å². The molecule has 0 aromatic rings. The number of rotatable bonds is 30. The number of hydrogen-bond donors (Lipinski definition) is 0. The lowest BCUT2D eigenvalue weighted by molar-refractivity contribution is -0.169. The molecule has 0 aromatic carbocycles. The average Bonchev–Trinajstić information content (AvgIpc) is 2.93. The van der Waals surface area contributed by atoms with Gasteiger partial charge in [0.15, 0.2) is 6.29 Å². The van der Waals surface area contributed by atoms with E-state index in [4.69, 9.17) is 63.7 Å². The number of ether oxygens (including phenoxy) is 11. The van der Waals surface area contributed by atoms with Crippen molar-refractivity contribution in [2.24, 2.45) is 0 Å². The first kappa shape index (κ1) is 34.9. The van der Waals surface area contributed by atoms with Crippen molar-refractivity contribution in [3.63, 3.8) is 0 Å². The second kappa shape index (κ2) is 30.4. The number of halogens is 1. The SMILES string of the molecule is ClCCOCCOCCOCCOCCOCCOCCOCCOCCOCCOC1CCCCO1. The quantitative estimate of drug-likeness (QED) is 0.0951. The molecule has 37 heavy (non-hydrogen) atoms. The van der Waals surface area contributed by atoms with Crippen LogP contribution in [0.25, 0.3) is 0 Å². The molecule has 12 heteroatoms. The van der Waals surface area contributed by atoms with Gasteiger partial charge < -0.3 is 52.1 Å². The lowest BCUT2D eigenvalue weighted by atomic mass is 10.2. The Kier molecular flexibility index (Phi) is 28.6. The van der Waals surface area contributed by atoms with Gasteiger partial charge in [-0.15, -0.1) is 11.6 Å². The Morgan fingerprint density at radius 1 is 0.432 bits per heavy atom. The molecule has 0 aliphatic carbocycles. The van der Waals surface area contributed by atoms with E-state index < -0.39 is 0 Å². The van der Waals surface area contributed by atoms with Crippen molar-refractivity contribution in [2.45, 2.75) is 25.6 Å². The molecule has 0 aromatic heterocycles. The van der Waals surface area contributed by atoms with Gasteiger partial charge in [-0.2, -0.15) is 0 Å². The average molecular weight is 561 g/mol. The summed E-state index contributed by atoms with van der Waals surface area (Å²) in [7, 11) is 0. The molecule has 1 unspecified atom stereocenters. The smallest absolute Gasteiger partial charge is 0.157 e. The summed E-state index contributed by atoms with van der Waals surface area (Å²) in [5, 5.41) is 0. The summed E-state index contributed by atoms with van der Waals surface area (Å²) in [4.78, 5) is 0. The van der Waals surface area contributed by atoms with Crippen molar-refractivity contribution in [1.29, 1.82) is 0 Å². The van der Waals surface area contributed by atoms with Crippen LogP contribution < -0.4 is 0 Å². The summed E-state index contributed by atoms with van der Waals surface area (Å²) in [6, 6.07) is 0. The molecule has 0 bridgehead atoms. The van der Waals surface area contributed by atoms with E-state index in [2.05, 4.69) is 0 Å². The van der Waals surface area contributed by atoms with Crippen molar-refractivity contribution >= 4 is 11.6 Å². The molecule has 11 nitrogen and oxygen atoms in total. The van der Waals surface area contributed by atoms with Gasteiger partial charge in [-0.1, -0.05) is 0 Å². The molecule has 0 radical (unpaired) electrons. The molecular formula is C25H49ClO11. The van der Waals surface area contributed by atoms with Crippen molar-refractivity contribution in [3.8, 4) is 0 Å². The van der Waals surface area contributed by atoms with Crippen LogP contribution in [0.15, 0.2) is 0 Å². The normalized spacial score (nSPS) is 16.0. The lowest BCUT2D eigenvalue weighted by Crippen LogP contribution is -2.24. The molecule has 0 amide bonds. The predicted octanol–water partition coefficient (Wildman–Crippen LogP) is 1.92. The first-order chi connectivity index (χ1) is 18.4. The van der Waals surface area contributed by atoms with E-state index in [9.17, 15) is 0 Å². The fraction of sp³-hybridized carbons (Fsp3) is 1.00. The molecule has 1 saturated heterocycles. The van der Waals surface area contributed by atoms with Gasteiger partial charge >= 0.3 is 0 Å². The Morgan fingerprint density at radius 2 is 0.757 bits per heavy atom. The van der Waals surface area contributed by atoms with Gasteiger partial charge in [-0.05, 0) is 19.3 Å². The van der Waals surface area contributed by atoms with Crippen LogP contribution in [-0.4, -0.2) is 144 Å². The van der Waals surface area contributed by atoms with E-state index in [0.717, 1.165) is 19.4 Å². The molecule has 0 N–H and O–H groups in total. The molecular weight excluding hydrogens is 512 g/mol. The van der Waals surface area contributed by atoms with Gasteiger partial charge in [0.1, 0.15) is 0 Å². The van der Waals surface area contributed by atoms with E-state index in [0.29, 0.717) is 131 Å². The van der Waals surface area contributed by atoms with Crippen LogP contribution in [0.1, 0.15) is 19.3 Å². The Morgan fingerprint density at radius 3 is 1.05 bits per heavy atom. The zero-order chi connectivity index (χ0) is 26.3. The second-order valence-corrected chi connectivity index (χ2v) is 8.25. The summed E-state index contributed by atoms with van der Waals surface area (Å²) < 4.78 is 59.8. The highest BCUT2D eigenvalue weighted by molar-refractivity contribution is 6.17. The van der Waals surface area contributed by atoms with E-state index in [1.54, 1.807) is 0 Å². The van der Waals surface area contributed by atoms with Gasteiger partial charge in [0, 0.05) is 12.5 Å². The minimum atomic E-state index is -0.0614. The fourth-order valence-electron chi connectivity index (χ4n) is 3.00. The van der Waals surface area contributed by atoms with Gasteiger partial charge in [0.25, 0.3) is 0 Å². The molecule has 0 saturated carbocycles. The van der Waals surface area contributed by atoms with Crippen LogP contribution >= 0.6 is 11.6 Å². The Balaban J connectivity index is 1.61. The highest BCUT2D eigenvalue weighted by Gasteiger charge is 2.13. The third-order valence-corrected chi connectivity index (χ3v) is 5.02. The van der Waals surface area contributed by atoms with Crippen LogP contribution in [0.4, 0.5) is 0 Å². The predicted molar refractivity (Wildman–Crippen MR) is 138 cm³/mol. The molecule has 1 aliphatic rings. The first-order valence-electron chi connectivity index (χ1n) is 13.4. The molecule has 222 valence electrons. The van der Waals surface area contributed by atoms with Crippen LogP contribution in [0, 0.1) is 0 Å². The summed E-state index contributed by atoms with van der Waals surface area (Å²) in [6.07, 6.45) is 3.20. The molecule has 1 fully saturated rings. The van der Waals surface area contributed by atoms with Gasteiger partial charge in [-0.25, -0.2) is 0 Å². The zero-order valence-electron chi connectivity index (χ0n) is 22.4. The fourth-order valence-corrected chi connectivity index (χ4v) is 3.11. The highest BCUT2D eigenvalue weighted by Crippen LogP contribution is 2.13. The van der Waals surface area contributed by atoms with E-state index in [1.807, 2.05) is 0 Å². The number of alkyl halides is 1. The monoisotopic (exact) mass is 560 g/mol. The van der Waals surface area contributed by atoms with Crippen LogP contribution in [0.2, 0.25) is 0 Å². The minimum absolute atomic E-state index is 0.0614. The van der Waals surface area contributed by atoms with E-state index in [1.165, 1.54) is 6.42 Å². The molecule has 1 atom stereocenters. The second-order valence-electron chi connectivity index (χ2n) is 7.87.